The third-order valence-electron chi connectivity index (χ3n) is 6.65. The molecular formula is C31H35NaO6. The van der Waals surface area contributed by atoms with Crippen molar-refractivity contribution in [1.82, 2.24) is 0 Å². The first-order valence-electron chi connectivity index (χ1n) is 12.7. The molecule has 2 N–H and O–H groups in total. The van der Waals surface area contributed by atoms with Crippen molar-refractivity contribution < 1.29 is 58.8 Å². The predicted molar refractivity (Wildman–Crippen MR) is 143 cm³/mol. The first-order chi connectivity index (χ1) is 17.7. The summed E-state index contributed by atoms with van der Waals surface area (Å²) in [7, 11) is 0. The molecule has 0 saturated heterocycles. The molecule has 1 saturated carbocycles. The quantitative estimate of drug-likeness (QED) is 0.267. The molecule has 2 aliphatic rings. The molecule has 5 rings (SSSR count). The fraction of sp³-hybridized carbons (Fsp3) is 0.355. The van der Waals surface area contributed by atoms with Crippen LogP contribution in [0, 0.1) is 27.2 Å². The molecule has 0 bridgehead atoms. The van der Waals surface area contributed by atoms with Gasteiger partial charge in [-0.15, -0.1) is 12.0 Å². The number of aliphatic hydroxyl groups excluding tert-OH is 1. The Hall–Kier alpha value is -2.64. The van der Waals surface area contributed by atoms with Gasteiger partial charge in [0.2, 0.25) is 0 Å². The zero-order valence-corrected chi connectivity index (χ0v) is 25.0. The van der Waals surface area contributed by atoms with E-state index in [0.29, 0.717) is 19.6 Å². The summed E-state index contributed by atoms with van der Waals surface area (Å²) in [6.45, 7) is 8.66. The van der Waals surface area contributed by atoms with E-state index in [2.05, 4.69) is 63.6 Å². The number of aryl methyl sites for hydroxylation is 2. The average molecular weight is 527 g/mol. The van der Waals surface area contributed by atoms with Crippen molar-refractivity contribution in [3.8, 4) is 28.4 Å². The number of hydrogen-bond acceptors (Lipinski definition) is 5. The molecule has 196 valence electrons. The number of benzene rings is 3. The predicted octanol–water partition coefficient (Wildman–Crippen LogP) is 3.19. The molecule has 1 fully saturated rings. The maximum atomic E-state index is 9.00. The van der Waals surface area contributed by atoms with Gasteiger partial charge in [-0.1, -0.05) is 24.3 Å². The number of rotatable bonds is 8. The van der Waals surface area contributed by atoms with Gasteiger partial charge in [-0.3, -0.25) is 4.79 Å². The van der Waals surface area contributed by atoms with Gasteiger partial charge in [0.15, 0.2) is 0 Å². The summed E-state index contributed by atoms with van der Waals surface area (Å²) in [5.74, 6) is 1.79. The van der Waals surface area contributed by atoms with Crippen LogP contribution in [0.5, 0.6) is 17.2 Å². The molecule has 3 aromatic rings. The number of carboxylic acid groups (broad SMARTS) is 1. The van der Waals surface area contributed by atoms with Crippen molar-refractivity contribution in [3.05, 3.63) is 82.8 Å². The van der Waals surface area contributed by atoms with Crippen LogP contribution >= 0.6 is 0 Å². The van der Waals surface area contributed by atoms with Gasteiger partial charge in [-0.05, 0) is 85.2 Å². The van der Waals surface area contributed by atoms with E-state index < -0.39 is 5.97 Å². The average Bonchev–Trinajstić information content (AvgIpc) is 3.48. The molecule has 1 heterocycles. The van der Waals surface area contributed by atoms with Crippen molar-refractivity contribution in [2.24, 2.45) is 0 Å². The van der Waals surface area contributed by atoms with Crippen molar-refractivity contribution in [3.63, 3.8) is 0 Å². The van der Waals surface area contributed by atoms with Crippen LogP contribution in [0.15, 0.2) is 48.5 Å². The number of fused-ring (bicyclic) bond motifs is 1. The summed E-state index contributed by atoms with van der Waals surface area (Å²) in [6, 6.07) is 16.7. The Kier molecular flexibility index (Phi) is 10.2. The zero-order valence-electron chi connectivity index (χ0n) is 23.0. The van der Waals surface area contributed by atoms with Crippen molar-refractivity contribution in [2.75, 3.05) is 13.2 Å². The molecule has 1 aliphatic carbocycles. The SMILES string of the molecule is CC(=O)O.Cc1cc(OCCCO)cc(C)c1-c1cccc(COc2ccc3c(c2)OC2([CH-]3)CC2)c1C.[Na+]. The van der Waals surface area contributed by atoms with Crippen LogP contribution < -0.4 is 43.8 Å². The van der Waals surface area contributed by atoms with Gasteiger partial charge >= 0.3 is 29.6 Å². The molecule has 0 atom stereocenters. The van der Waals surface area contributed by atoms with Gasteiger partial charge in [-0.25, -0.2) is 0 Å². The molecule has 38 heavy (non-hydrogen) atoms. The van der Waals surface area contributed by atoms with Gasteiger partial charge in [0.1, 0.15) is 12.4 Å². The second-order valence-corrected chi connectivity index (χ2v) is 9.77. The minimum absolute atomic E-state index is 0. The van der Waals surface area contributed by atoms with Crippen LogP contribution in [-0.4, -0.2) is 35.0 Å². The van der Waals surface area contributed by atoms with E-state index in [0.717, 1.165) is 37.0 Å². The summed E-state index contributed by atoms with van der Waals surface area (Å²) in [4.78, 5) is 9.00. The van der Waals surface area contributed by atoms with Crippen LogP contribution in [0.3, 0.4) is 0 Å². The molecule has 1 spiro atoms. The normalized spacial score (nSPS) is 13.7. The summed E-state index contributed by atoms with van der Waals surface area (Å²) < 4.78 is 18.1. The first-order valence-corrected chi connectivity index (χ1v) is 12.7. The van der Waals surface area contributed by atoms with E-state index in [1.54, 1.807) is 0 Å². The number of aliphatic carboxylic acids is 1. The van der Waals surface area contributed by atoms with E-state index in [4.69, 9.17) is 29.2 Å². The van der Waals surface area contributed by atoms with Crippen molar-refractivity contribution in [1.29, 1.82) is 0 Å². The number of aliphatic hydroxyl groups is 1. The van der Waals surface area contributed by atoms with E-state index in [9.17, 15) is 0 Å². The Labute approximate surface area is 247 Å². The third kappa shape index (κ3) is 7.26. The van der Waals surface area contributed by atoms with Gasteiger partial charge in [0, 0.05) is 25.7 Å². The van der Waals surface area contributed by atoms with Crippen LogP contribution in [0.25, 0.3) is 11.1 Å². The summed E-state index contributed by atoms with van der Waals surface area (Å²) >= 11 is 0. The number of hydrogen-bond donors (Lipinski definition) is 2. The molecule has 0 radical (unpaired) electrons. The van der Waals surface area contributed by atoms with Gasteiger partial charge in [0.05, 0.1) is 18.0 Å². The molecule has 1 aliphatic heterocycles. The molecule has 7 heteroatoms. The molecular weight excluding hydrogens is 491 g/mol. The van der Waals surface area contributed by atoms with E-state index in [1.165, 1.54) is 38.9 Å². The molecule has 0 amide bonds. The Balaban J connectivity index is 0.000000749. The van der Waals surface area contributed by atoms with E-state index in [1.807, 2.05) is 12.1 Å². The maximum Gasteiger partial charge on any atom is 1.00 e. The fourth-order valence-electron chi connectivity index (χ4n) is 4.67. The minimum atomic E-state index is -0.833. The van der Waals surface area contributed by atoms with Gasteiger partial charge in [0.25, 0.3) is 5.97 Å². The van der Waals surface area contributed by atoms with Crippen LogP contribution in [0.2, 0.25) is 0 Å². The van der Waals surface area contributed by atoms with Crippen LogP contribution in [0.4, 0.5) is 0 Å². The molecule has 6 nitrogen and oxygen atoms in total. The van der Waals surface area contributed by atoms with Crippen molar-refractivity contribution >= 4 is 5.97 Å². The largest absolute Gasteiger partial charge is 1.00 e. The number of carboxylic acids is 1. The second kappa shape index (κ2) is 12.9. The van der Waals surface area contributed by atoms with E-state index >= 15 is 0 Å². The smallest absolute Gasteiger partial charge is 0.552 e. The fourth-order valence-corrected chi connectivity index (χ4v) is 4.67. The monoisotopic (exact) mass is 526 g/mol. The Morgan fingerprint density at radius 3 is 2.34 bits per heavy atom. The minimum Gasteiger partial charge on any atom is -0.552 e. The molecule has 0 aromatic heterocycles. The third-order valence-corrected chi connectivity index (χ3v) is 6.65. The number of ether oxygens (including phenoxy) is 3. The summed E-state index contributed by atoms with van der Waals surface area (Å²) in [5, 5.41) is 16.4. The topological polar surface area (TPSA) is 85.2 Å². The zero-order chi connectivity index (χ0) is 26.6. The molecule has 0 unspecified atom stereocenters. The number of carbonyl (C=O) groups is 1. The molecule has 3 aromatic carbocycles. The standard InChI is InChI=1S/C29H31O4.C2H4O2.Na/c1-19-14-25(31-13-5-12-30)15-20(2)28(19)26-7-4-6-23(21(26)3)18-32-24-9-8-22-17-29(10-11-29)33-27(22)16-24;1-2(3)4;/h4,6-9,14-17,30H,5,10-13,18H2,1-3H3;1H3,(H,3,4);/q-1;;+1. The first kappa shape index (κ1) is 29.9. The van der Waals surface area contributed by atoms with Crippen molar-refractivity contribution in [2.45, 2.75) is 59.2 Å². The second-order valence-electron chi connectivity index (χ2n) is 9.77. The maximum absolute atomic E-state index is 9.00. The van der Waals surface area contributed by atoms with Crippen LogP contribution in [-0.2, 0) is 11.4 Å². The van der Waals surface area contributed by atoms with Crippen LogP contribution in [0.1, 0.15) is 54.0 Å². The van der Waals surface area contributed by atoms with E-state index in [-0.39, 0.29) is 41.8 Å². The Bertz CT molecular complexity index is 1250. The Morgan fingerprint density at radius 2 is 1.71 bits per heavy atom. The summed E-state index contributed by atoms with van der Waals surface area (Å²) in [5.41, 5.74) is 8.35. The Morgan fingerprint density at radius 1 is 1.03 bits per heavy atom. The van der Waals surface area contributed by atoms with Gasteiger partial charge in [-0.2, -0.15) is 6.07 Å². The van der Waals surface area contributed by atoms with Gasteiger partial charge < -0.3 is 24.4 Å². The summed E-state index contributed by atoms with van der Waals surface area (Å²) in [6.07, 6.45) is 5.10.